The zero-order valence-corrected chi connectivity index (χ0v) is 16.2. The molecule has 0 spiro atoms. The average Bonchev–Trinajstić information content (AvgIpc) is 2.68. The lowest BCUT2D eigenvalue weighted by atomic mass is 10.2. The number of unbranched alkanes of at least 4 members (excludes halogenated alkanes) is 1. The molecule has 2 aromatic rings. The number of ether oxygens (including phenoxy) is 2. The summed E-state index contributed by atoms with van der Waals surface area (Å²) in [5.41, 5.74) is 3.19. The number of halogens is 1. The molecule has 144 valence electrons. The summed E-state index contributed by atoms with van der Waals surface area (Å²) in [7, 11) is 1.57. The van der Waals surface area contributed by atoms with E-state index in [1.165, 1.54) is 12.3 Å². The lowest BCUT2D eigenvalue weighted by Gasteiger charge is -2.10. The fraction of sp³-hybridized carbons (Fsp3) is 0.300. The smallest absolute Gasteiger partial charge is 0.250 e. The molecule has 0 radical (unpaired) electrons. The van der Waals surface area contributed by atoms with Crippen molar-refractivity contribution in [2.45, 2.75) is 24.7 Å². The molecule has 0 unspecified atom stereocenters. The molecule has 0 aromatic heterocycles. The average molecular weight is 390 g/mol. The van der Waals surface area contributed by atoms with E-state index in [2.05, 4.69) is 17.5 Å². The molecule has 2 aromatic carbocycles. The van der Waals surface area contributed by atoms with Crippen molar-refractivity contribution in [3.05, 3.63) is 53.8 Å². The van der Waals surface area contributed by atoms with E-state index >= 15 is 0 Å². The van der Waals surface area contributed by atoms with Crippen LogP contribution >= 0.6 is 11.8 Å². The number of methoxy groups -OCH3 is 1. The summed E-state index contributed by atoms with van der Waals surface area (Å²) in [6, 6.07) is 11.8. The molecule has 0 saturated carbocycles. The summed E-state index contributed by atoms with van der Waals surface area (Å²) in [5.74, 6) is 0.703. The number of benzene rings is 2. The first kappa shape index (κ1) is 20.8. The second-order valence-electron chi connectivity index (χ2n) is 5.62. The van der Waals surface area contributed by atoms with Crippen molar-refractivity contribution in [3.8, 4) is 11.5 Å². The Morgan fingerprint density at radius 3 is 2.81 bits per heavy atom. The van der Waals surface area contributed by atoms with Crippen LogP contribution < -0.4 is 14.9 Å². The van der Waals surface area contributed by atoms with Crippen LogP contribution in [0.3, 0.4) is 0 Å². The summed E-state index contributed by atoms with van der Waals surface area (Å²) in [6.45, 7) is 2.74. The minimum atomic E-state index is -0.341. The summed E-state index contributed by atoms with van der Waals surface area (Å²) in [4.78, 5) is 12.3. The third-order valence-electron chi connectivity index (χ3n) is 3.54. The number of nitrogens with one attached hydrogen (secondary N) is 1. The van der Waals surface area contributed by atoms with Gasteiger partial charge in [0.1, 0.15) is 5.82 Å². The Morgan fingerprint density at radius 1 is 1.26 bits per heavy atom. The normalized spacial score (nSPS) is 10.8. The summed E-state index contributed by atoms with van der Waals surface area (Å²) < 4.78 is 24.5. The topological polar surface area (TPSA) is 59.9 Å². The van der Waals surface area contributed by atoms with E-state index in [4.69, 9.17) is 9.47 Å². The molecule has 1 N–H and O–H groups in total. The van der Waals surface area contributed by atoms with Crippen molar-refractivity contribution in [2.75, 3.05) is 19.5 Å². The van der Waals surface area contributed by atoms with Crippen LogP contribution in [0, 0.1) is 5.82 Å². The zero-order valence-electron chi connectivity index (χ0n) is 15.4. The lowest BCUT2D eigenvalue weighted by molar-refractivity contribution is -0.118. The molecule has 0 atom stereocenters. The lowest BCUT2D eigenvalue weighted by Crippen LogP contribution is -2.19. The van der Waals surface area contributed by atoms with Crippen molar-refractivity contribution in [1.82, 2.24) is 5.43 Å². The zero-order chi connectivity index (χ0) is 19.5. The molecule has 1 amide bonds. The number of rotatable bonds is 10. The Bertz CT molecular complexity index is 784. The van der Waals surface area contributed by atoms with Crippen LogP contribution in [0.15, 0.2) is 52.5 Å². The van der Waals surface area contributed by atoms with Crippen molar-refractivity contribution >= 4 is 23.9 Å². The third kappa shape index (κ3) is 6.94. The predicted octanol–water partition coefficient (Wildman–Crippen LogP) is 4.26. The standard InChI is InChI=1S/C20H23FN2O3S/c1-3-4-11-26-17-10-9-15(12-18(17)25-2)13-22-23-20(24)14-27-19-8-6-5-7-16(19)21/h5-10,12-13H,3-4,11,14H2,1-2H3,(H,23,24)/b22-13-. The molecule has 0 heterocycles. The molecule has 0 aliphatic carbocycles. The molecule has 0 aliphatic heterocycles. The van der Waals surface area contributed by atoms with Crippen LogP contribution in [-0.2, 0) is 4.79 Å². The largest absolute Gasteiger partial charge is 0.493 e. The van der Waals surface area contributed by atoms with Crippen molar-refractivity contribution < 1.29 is 18.7 Å². The van der Waals surface area contributed by atoms with Crippen LogP contribution in [0.5, 0.6) is 11.5 Å². The molecule has 0 saturated heterocycles. The highest BCUT2D eigenvalue weighted by atomic mass is 32.2. The number of hydrazone groups is 1. The van der Waals surface area contributed by atoms with E-state index in [1.807, 2.05) is 12.1 Å². The molecular weight excluding hydrogens is 367 g/mol. The first-order chi connectivity index (χ1) is 13.1. The van der Waals surface area contributed by atoms with E-state index < -0.39 is 0 Å². The van der Waals surface area contributed by atoms with Gasteiger partial charge in [-0.3, -0.25) is 4.79 Å². The molecule has 27 heavy (non-hydrogen) atoms. The van der Waals surface area contributed by atoms with E-state index in [0.29, 0.717) is 23.0 Å². The first-order valence-electron chi connectivity index (χ1n) is 8.64. The van der Waals surface area contributed by atoms with Crippen LogP contribution in [0.25, 0.3) is 0 Å². The van der Waals surface area contributed by atoms with E-state index in [9.17, 15) is 9.18 Å². The van der Waals surface area contributed by atoms with E-state index in [1.54, 1.807) is 31.4 Å². The van der Waals surface area contributed by atoms with E-state index in [-0.39, 0.29) is 17.5 Å². The van der Waals surface area contributed by atoms with Gasteiger partial charge < -0.3 is 9.47 Å². The fourth-order valence-electron chi connectivity index (χ4n) is 2.13. The van der Waals surface area contributed by atoms with Gasteiger partial charge in [0, 0.05) is 4.90 Å². The number of nitrogens with zero attached hydrogens (tertiary/aromatic N) is 1. The molecule has 0 bridgehead atoms. The maximum atomic E-state index is 13.5. The van der Waals surface area contributed by atoms with Gasteiger partial charge in [0.05, 0.1) is 25.7 Å². The van der Waals surface area contributed by atoms with Crippen molar-refractivity contribution in [3.63, 3.8) is 0 Å². The van der Waals surface area contributed by atoms with Gasteiger partial charge in [0.25, 0.3) is 0 Å². The second-order valence-corrected chi connectivity index (χ2v) is 6.64. The van der Waals surface area contributed by atoms with Gasteiger partial charge >= 0.3 is 0 Å². The molecule has 0 fully saturated rings. The Balaban J connectivity index is 1.85. The molecule has 7 heteroatoms. The van der Waals surface area contributed by atoms with Gasteiger partial charge in [-0.15, -0.1) is 11.8 Å². The first-order valence-corrected chi connectivity index (χ1v) is 9.62. The van der Waals surface area contributed by atoms with Crippen molar-refractivity contribution in [2.24, 2.45) is 5.10 Å². The van der Waals surface area contributed by atoms with E-state index in [0.717, 1.165) is 30.2 Å². The van der Waals surface area contributed by atoms with Crippen LogP contribution in [0.1, 0.15) is 25.3 Å². The predicted molar refractivity (Wildman–Crippen MR) is 106 cm³/mol. The Kier molecular flexibility index (Phi) is 8.64. The number of carbonyl (C=O) groups is 1. The quantitative estimate of drug-likeness (QED) is 0.285. The summed E-state index contributed by atoms with van der Waals surface area (Å²) in [6.07, 6.45) is 3.55. The number of hydrogen-bond acceptors (Lipinski definition) is 5. The minimum Gasteiger partial charge on any atom is -0.493 e. The second kappa shape index (κ2) is 11.2. The number of thioether (sulfide) groups is 1. The Labute approximate surface area is 163 Å². The number of amides is 1. The fourth-order valence-corrected chi connectivity index (χ4v) is 2.86. The minimum absolute atomic E-state index is 0.0752. The van der Waals surface area contributed by atoms with Crippen LogP contribution in [-0.4, -0.2) is 31.6 Å². The highest BCUT2D eigenvalue weighted by Gasteiger charge is 2.06. The van der Waals surface area contributed by atoms with Crippen molar-refractivity contribution in [1.29, 1.82) is 0 Å². The van der Waals surface area contributed by atoms with Crippen LogP contribution in [0.4, 0.5) is 4.39 Å². The van der Waals surface area contributed by atoms with Gasteiger partial charge in [0.15, 0.2) is 11.5 Å². The monoisotopic (exact) mass is 390 g/mol. The van der Waals surface area contributed by atoms with Gasteiger partial charge in [0.2, 0.25) is 5.91 Å². The third-order valence-corrected chi connectivity index (χ3v) is 4.59. The highest BCUT2D eigenvalue weighted by Crippen LogP contribution is 2.27. The highest BCUT2D eigenvalue weighted by molar-refractivity contribution is 8.00. The molecule has 5 nitrogen and oxygen atoms in total. The van der Waals surface area contributed by atoms with Gasteiger partial charge in [-0.05, 0) is 42.3 Å². The maximum Gasteiger partial charge on any atom is 0.250 e. The maximum absolute atomic E-state index is 13.5. The van der Waals surface area contributed by atoms with Gasteiger partial charge in [-0.1, -0.05) is 25.5 Å². The molecule has 0 aliphatic rings. The molecule has 2 rings (SSSR count). The Morgan fingerprint density at radius 2 is 2.07 bits per heavy atom. The SMILES string of the molecule is CCCCOc1ccc(/C=N\NC(=O)CSc2ccccc2F)cc1OC. The summed E-state index contributed by atoms with van der Waals surface area (Å²) in [5, 5.41) is 3.93. The molecular formula is C20H23FN2O3S. The van der Waals surface area contributed by atoms with Gasteiger partial charge in [-0.25, -0.2) is 9.82 Å². The van der Waals surface area contributed by atoms with Gasteiger partial charge in [-0.2, -0.15) is 5.10 Å². The number of hydrogen-bond donors (Lipinski definition) is 1. The Hall–Kier alpha value is -2.54. The number of carbonyl (C=O) groups excluding carboxylic acids is 1. The summed E-state index contributed by atoms with van der Waals surface area (Å²) >= 11 is 1.12. The van der Waals surface area contributed by atoms with Crippen LogP contribution in [0.2, 0.25) is 0 Å².